The number of nitrogens with two attached hydrogens (primary N) is 1. The molecular formula is C18H18N2. The van der Waals surface area contributed by atoms with Crippen molar-refractivity contribution in [1.82, 2.24) is 4.90 Å². The molecular weight excluding hydrogens is 244 g/mol. The lowest BCUT2D eigenvalue weighted by Gasteiger charge is -2.14. The Bertz CT molecular complexity index is 639. The maximum Gasteiger partial charge on any atom is 0.0555 e. The molecule has 1 aliphatic rings. The molecule has 2 aromatic carbocycles. The third kappa shape index (κ3) is 2.91. The van der Waals surface area contributed by atoms with Crippen LogP contribution in [0.15, 0.2) is 48.5 Å². The van der Waals surface area contributed by atoms with Crippen molar-refractivity contribution < 1.29 is 0 Å². The number of hydrogen-bond acceptors (Lipinski definition) is 2. The van der Waals surface area contributed by atoms with Crippen molar-refractivity contribution in [2.45, 2.75) is 19.6 Å². The predicted molar refractivity (Wildman–Crippen MR) is 81.8 cm³/mol. The molecule has 2 N–H and O–H groups in total. The van der Waals surface area contributed by atoms with Gasteiger partial charge in [-0.3, -0.25) is 4.90 Å². The summed E-state index contributed by atoms with van der Waals surface area (Å²) in [5.41, 5.74) is 10.7. The molecule has 20 heavy (non-hydrogen) atoms. The average molecular weight is 262 g/mol. The minimum atomic E-state index is 0.408. The summed E-state index contributed by atoms with van der Waals surface area (Å²) >= 11 is 0. The molecule has 2 aromatic rings. The second kappa shape index (κ2) is 5.92. The highest BCUT2D eigenvalue weighted by atomic mass is 15.1. The largest absolute Gasteiger partial charge is 0.320 e. The molecule has 2 heteroatoms. The van der Waals surface area contributed by atoms with Crippen molar-refractivity contribution in [3.05, 3.63) is 70.8 Å². The number of rotatable bonds is 2. The van der Waals surface area contributed by atoms with Crippen LogP contribution in [-0.2, 0) is 19.6 Å². The first-order chi connectivity index (χ1) is 9.85. The van der Waals surface area contributed by atoms with E-state index in [1.54, 1.807) is 0 Å². The van der Waals surface area contributed by atoms with Gasteiger partial charge in [-0.15, -0.1) is 0 Å². The monoisotopic (exact) mass is 262 g/mol. The zero-order chi connectivity index (χ0) is 13.8. The fourth-order valence-electron chi connectivity index (χ4n) is 2.67. The Balaban J connectivity index is 1.71. The lowest BCUT2D eigenvalue weighted by molar-refractivity contribution is 0.275. The van der Waals surface area contributed by atoms with Gasteiger partial charge >= 0.3 is 0 Å². The van der Waals surface area contributed by atoms with E-state index in [2.05, 4.69) is 59.2 Å². The molecule has 2 nitrogen and oxygen atoms in total. The summed E-state index contributed by atoms with van der Waals surface area (Å²) in [5, 5.41) is 0. The predicted octanol–water partition coefficient (Wildman–Crippen LogP) is 2.51. The molecule has 0 aliphatic carbocycles. The van der Waals surface area contributed by atoms with Gasteiger partial charge in [-0.05, 0) is 28.8 Å². The zero-order valence-electron chi connectivity index (χ0n) is 11.5. The van der Waals surface area contributed by atoms with Crippen LogP contribution >= 0.6 is 0 Å². The standard InChI is InChI=1S/C18H18N2/c19-10-4-7-15-5-3-6-16(11-15)12-20-13-17-8-1-2-9-18(17)14-20/h1-3,5-6,8-9,11H,10,12-14,19H2. The van der Waals surface area contributed by atoms with Crippen molar-refractivity contribution in [2.24, 2.45) is 5.73 Å². The Labute approximate surface area is 120 Å². The molecule has 0 spiro atoms. The van der Waals surface area contributed by atoms with Gasteiger partial charge < -0.3 is 5.73 Å². The van der Waals surface area contributed by atoms with Crippen molar-refractivity contribution >= 4 is 0 Å². The van der Waals surface area contributed by atoms with Crippen molar-refractivity contribution in [2.75, 3.05) is 6.54 Å². The van der Waals surface area contributed by atoms with E-state index in [0.717, 1.165) is 25.2 Å². The van der Waals surface area contributed by atoms with Gasteiger partial charge in [-0.1, -0.05) is 48.2 Å². The molecule has 0 atom stereocenters. The number of nitrogens with zero attached hydrogens (tertiary/aromatic N) is 1. The highest BCUT2D eigenvalue weighted by Gasteiger charge is 2.17. The van der Waals surface area contributed by atoms with Crippen LogP contribution < -0.4 is 5.73 Å². The third-order valence-electron chi connectivity index (χ3n) is 3.57. The topological polar surface area (TPSA) is 29.3 Å². The van der Waals surface area contributed by atoms with Gasteiger partial charge in [0.2, 0.25) is 0 Å². The second-order valence-corrected chi connectivity index (χ2v) is 5.12. The normalized spacial score (nSPS) is 13.7. The van der Waals surface area contributed by atoms with Gasteiger partial charge in [0, 0.05) is 25.2 Å². The van der Waals surface area contributed by atoms with E-state index in [1.165, 1.54) is 16.7 Å². The van der Waals surface area contributed by atoms with Crippen LogP contribution in [0, 0.1) is 11.8 Å². The lowest BCUT2D eigenvalue weighted by atomic mass is 10.1. The van der Waals surface area contributed by atoms with Gasteiger partial charge in [0.1, 0.15) is 0 Å². The molecule has 0 aromatic heterocycles. The van der Waals surface area contributed by atoms with Crippen LogP contribution in [0.25, 0.3) is 0 Å². The summed E-state index contributed by atoms with van der Waals surface area (Å²) < 4.78 is 0. The fourth-order valence-corrected chi connectivity index (χ4v) is 2.67. The van der Waals surface area contributed by atoms with Crippen LogP contribution in [0.5, 0.6) is 0 Å². The van der Waals surface area contributed by atoms with Crippen molar-refractivity contribution in [1.29, 1.82) is 0 Å². The highest BCUT2D eigenvalue weighted by molar-refractivity contribution is 5.37. The summed E-state index contributed by atoms with van der Waals surface area (Å²) in [4.78, 5) is 2.46. The number of hydrogen-bond donors (Lipinski definition) is 1. The molecule has 0 bridgehead atoms. The van der Waals surface area contributed by atoms with Crippen LogP contribution in [0.3, 0.4) is 0 Å². The third-order valence-corrected chi connectivity index (χ3v) is 3.57. The summed E-state index contributed by atoms with van der Waals surface area (Å²) in [6, 6.07) is 17.1. The molecule has 0 saturated carbocycles. The van der Waals surface area contributed by atoms with E-state index in [0.29, 0.717) is 6.54 Å². The molecule has 0 amide bonds. The molecule has 0 saturated heterocycles. The summed E-state index contributed by atoms with van der Waals surface area (Å²) in [6.45, 7) is 3.45. The first-order valence-electron chi connectivity index (χ1n) is 6.92. The molecule has 1 heterocycles. The summed E-state index contributed by atoms with van der Waals surface area (Å²) in [6.07, 6.45) is 0. The molecule has 0 unspecified atom stereocenters. The zero-order valence-corrected chi connectivity index (χ0v) is 11.5. The van der Waals surface area contributed by atoms with Gasteiger partial charge in [0.25, 0.3) is 0 Å². The second-order valence-electron chi connectivity index (χ2n) is 5.12. The Morgan fingerprint density at radius 1 is 1.00 bits per heavy atom. The fraction of sp³-hybridized carbons (Fsp3) is 0.222. The minimum Gasteiger partial charge on any atom is -0.320 e. The molecule has 0 radical (unpaired) electrons. The van der Waals surface area contributed by atoms with E-state index in [-0.39, 0.29) is 0 Å². The molecule has 100 valence electrons. The van der Waals surface area contributed by atoms with Gasteiger partial charge in [0.05, 0.1) is 6.54 Å². The van der Waals surface area contributed by atoms with Crippen LogP contribution in [0.4, 0.5) is 0 Å². The van der Waals surface area contributed by atoms with Gasteiger partial charge in [0.15, 0.2) is 0 Å². The van der Waals surface area contributed by atoms with E-state index in [4.69, 9.17) is 5.73 Å². The summed E-state index contributed by atoms with van der Waals surface area (Å²) in [5.74, 6) is 6.00. The maximum atomic E-state index is 5.41. The van der Waals surface area contributed by atoms with E-state index in [9.17, 15) is 0 Å². The SMILES string of the molecule is NCC#Cc1cccc(CN2Cc3ccccc3C2)c1. The molecule has 3 rings (SSSR count). The quantitative estimate of drug-likeness (QED) is 0.843. The van der Waals surface area contributed by atoms with Gasteiger partial charge in [-0.2, -0.15) is 0 Å². The van der Waals surface area contributed by atoms with E-state index in [1.807, 2.05) is 6.07 Å². The number of benzene rings is 2. The van der Waals surface area contributed by atoms with Gasteiger partial charge in [-0.25, -0.2) is 0 Å². The lowest BCUT2D eigenvalue weighted by Crippen LogP contribution is -2.15. The smallest absolute Gasteiger partial charge is 0.0555 e. The van der Waals surface area contributed by atoms with Crippen LogP contribution in [-0.4, -0.2) is 11.4 Å². The van der Waals surface area contributed by atoms with Crippen molar-refractivity contribution in [3.8, 4) is 11.8 Å². The van der Waals surface area contributed by atoms with Crippen LogP contribution in [0.2, 0.25) is 0 Å². The Kier molecular flexibility index (Phi) is 3.83. The van der Waals surface area contributed by atoms with Crippen molar-refractivity contribution in [3.63, 3.8) is 0 Å². The Hall–Kier alpha value is -2.08. The molecule has 1 aliphatic heterocycles. The molecule has 0 fully saturated rings. The number of fused-ring (bicyclic) bond motifs is 1. The Morgan fingerprint density at radius 2 is 1.75 bits per heavy atom. The van der Waals surface area contributed by atoms with E-state index >= 15 is 0 Å². The summed E-state index contributed by atoms with van der Waals surface area (Å²) in [7, 11) is 0. The van der Waals surface area contributed by atoms with Crippen LogP contribution in [0.1, 0.15) is 22.3 Å². The minimum absolute atomic E-state index is 0.408. The highest BCUT2D eigenvalue weighted by Crippen LogP contribution is 2.23. The average Bonchev–Trinajstić information content (AvgIpc) is 2.87. The first kappa shape index (κ1) is 12.9. The Morgan fingerprint density at radius 3 is 2.45 bits per heavy atom. The maximum absolute atomic E-state index is 5.41. The first-order valence-corrected chi connectivity index (χ1v) is 6.92. The van der Waals surface area contributed by atoms with E-state index < -0.39 is 0 Å².